The molecule has 1 aliphatic rings. The van der Waals surface area contributed by atoms with Gasteiger partial charge in [-0.2, -0.15) is 4.31 Å². The molecule has 2 rings (SSSR count). The first-order chi connectivity index (χ1) is 9.67. The van der Waals surface area contributed by atoms with Gasteiger partial charge in [-0.25, -0.2) is 8.42 Å². The Hall–Kier alpha value is -1.27. The Morgan fingerprint density at radius 3 is 2.29 bits per heavy atom. The molecular weight excluding hydrogens is 286 g/mol. The van der Waals surface area contributed by atoms with Gasteiger partial charge in [-0.15, -0.1) is 0 Å². The second kappa shape index (κ2) is 5.85. The van der Waals surface area contributed by atoms with Crippen LogP contribution >= 0.6 is 0 Å². The summed E-state index contributed by atoms with van der Waals surface area (Å²) in [7, 11) is -3.17. The van der Waals surface area contributed by atoms with Crippen LogP contribution in [-0.4, -0.2) is 44.7 Å². The highest BCUT2D eigenvalue weighted by atomic mass is 32.2. The SMILES string of the molecule is CC(C)(C)CS(=O)(=O)N1CCN(c2cccc(N)c2)CC1. The highest BCUT2D eigenvalue weighted by molar-refractivity contribution is 7.89. The quantitative estimate of drug-likeness (QED) is 0.864. The molecule has 0 unspecified atom stereocenters. The average Bonchev–Trinajstić information content (AvgIpc) is 2.36. The van der Waals surface area contributed by atoms with E-state index in [2.05, 4.69) is 4.90 Å². The lowest BCUT2D eigenvalue weighted by Gasteiger charge is -2.36. The fourth-order valence-corrected chi connectivity index (χ4v) is 4.58. The lowest BCUT2D eigenvalue weighted by molar-refractivity contribution is 0.369. The van der Waals surface area contributed by atoms with Crippen molar-refractivity contribution in [3.8, 4) is 0 Å². The standard InChI is InChI=1S/C15H25N3O2S/c1-15(2,3)12-21(19,20)18-9-7-17(8-10-18)14-6-4-5-13(16)11-14/h4-6,11H,7-10,12,16H2,1-3H3. The predicted molar refractivity (Wildman–Crippen MR) is 87.9 cm³/mol. The van der Waals surface area contributed by atoms with Gasteiger partial charge in [-0.1, -0.05) is 26.8 Å². The number of nitrogen functional groups attached to an aromatic ring is 1. The van der Waals surface area contributed by atoms with E-state index in [-0.39, 0.29) is 11.2 Å². The summed E-state index contributed by atoms with van der Waals surface area (Å²) in [4.78, 5) is 2.18. The van der Waals surface area contributed by atoms with Crippen LogP contribution < -0.4 is 10.6 Å². The minimum Gasteiger partial charge on any atom is -0.399 e. The van der Waals surface area contributed by atoms with Gasteiger partial charge in [0, 0.05) is 37.6 Å². The maximum absolute atomic E-state index is 12.4. The van der Waals surface area contributed by atoms with Crippen molar-refractivity contribution < 1.29 is 8.42 Å². The van der Waals surface area contributed by atoms with E-state index in [1.165, 1.54) is 0 Å². The Labute approximate surface area is 127 Å². The Morgan fingerprint density at radius 2 is 1.76 bits per heavy atom. The van der Waals surface area contributed by atoms with Gasteiger partial charge in [0.05, 0.1) is 5.75 Å². The molecule has 1 heterocycles. The van der Waals surface area contributed by atoms with Crippen LogP contribution in [0.25, 0.3) is 0 Å². The highest BCUT2D eigenvalue weighted by Crippen LogP contribution is 2.22. The van der Waals surface area contributed by atoms with E-state index in [0.29, 0.717) is 26.2 Å². The first-order valence-corrected chi connectivity index (χ1v) is 8.87. The van der Waals surface area contributed by atoms with E-state index in [9.17, 15) is 8.42 Å². The van der Waals surface area contributed by atoms with Crippen molar-refractivity contribution in [2.45, 2.75) is 20.8 Å². The molecule has 0 amide bonds. The van der Waals surface area contributed by atoms with Gasteiger partial charge < -0.3 is 10.6 Å². The van der Waals surface area contributed by atoms with Crippen molar-refractivity contribution in [2.75, 3.05) is 42.6 Å². The molecule has 0 aliphatic carbocycles. The molecule has 5 nitrogen and oxygen atoms in total. The summed E-state index contributed by atoms with van der Waals surface area (Å²) in [6.07, 6.45) is 0. The summed E-state index contributed by atoms with van der Waals surface area (Å²) < 4.78 is 26.4. The number of piperazine rings is 1. The van der Waals surface area contributed by atoms with Crippen molar-refractivity contribution in [1.29, 1.82) is 0 Å². The third-order valence-electron chi connectivity index (χ3n) is 3.48. The van der Waals surface area contributed by atoms with Crippen LogP contribution in [0.2, 0.25) is 0 Å². The van der Waals surface area contributed by atoms with E-state index < -0.39 is 10.0 Å². The minimum atomic E-state index is -3.17. The third kappa shape index (κ3) is 4.35. The number of anilines is 2. The second-order valence-electron chi connectivity index (χ2n) is 6.80. The van der Waals surface area contributed by atoms with Crippen molar-refractivity contribution >= 4 is 21.4 Å². The Bertz CT molecular complexity index is 585. The smallest absolute Gasteiger partial charge is 0.214 e. The van der Waals surface area contributed by atoms with Crippen molar-refractivity contribution in [2.24, 2.45) is 5.41 Å². The van der Waals surface area contributed by atoms with Crippen LogP contribution in [0, 0.1) is 5.41 Å². The van der Waals surface area contributed by atoms with Gasteiger partial charge >= 0.3 is 0 Å². The second-order valence-corrected chi connectivity index (χ2v) is 8.77. The Kier molecular flexibility index (Phi) is 4.49. The molecule has 1 fully saturated rings. The van der Waals surface area contributed by atoms with E-state index >= 15 is 0 Å². The third-order valence-corrected chi connectivity index (χ3v) is 5.87. The van der Waals surface area contributed by atoms with E-state index in [0.717, 1.165) is 11.4 Å². The van der Waals surface area contributed by atoms with Crippen LogP contribution in [-0.2, 0) is 10.0 Å². The lowest BCUT2D eigenvalue weighted by Crippen LogP contribution is -2.50. The zero-order valence-corrected chi connectivity index (χ0v) is 13.9. The molecular formula is C15H25N3O2S. The topological polar surface area (TPSA) is 66.6 Å². The van der Waals surface area contributed by atoms with Crippen LogP contribution in [0.15, 0.2) is 24.3 Å². The summed E-state index contributed by atoms with van der Waals surface area (Å²) in [5.74, 6) is 0.193. The van der Waals surface area contributed by atoms with Crippen LogP contribution in [0.1, 0.15) is 20.8 Å². The van der Waals surface area contributed by atoms with Crippen LogP contribution in [0.5, 0.6) is 0 Å². The van der Waals surface area contributed by atoms with Crippen molar-refractivity contribution in [3.63, 3.8) is 0 Å². The average molecular weight is 311 g/mol. The summed E-state index contributed by atoms with van der Waals surface area (Å²) in [5.41, 5.74) is 7.37. The van der Waals surface area contributed by atoms with Gasteiger partial charge in [0.2, 0.25) is 10.0 Å². The monoisotopic (exact) mass is 311 g/mol. The van der Waals surface area contributed by atoms with E-state index in [1.807, 2.05) is 45.0 Å². The number of rotatable bonds is 3. The van der Waals surface area contributed by atoms with Crippen molar-refractivity contribution in [3.05, 3.63) is 24.3 Å². The van der Waals surface area contributed by atoms with Gasteiger partial charge in [0.1, 0.15) is 0 Å². The normalized spacial score (nSPS) is 18.0. The molecule has 0 atom stereocenters. The Morgan fingerprint density at radius 1 is 1.14 bits per heavy atom. The highest BCUT2D eigenvalue weighted by Gasteiger charge is 2.30. The van der Waals surface area contributed by atoms with Crippen LogP contribution in [0.4, 0.5) is 11.4 Å². The first kappa shape index (κ1) is 16.1. The number of benzene rings is 1. The maximum Gasteiger partial charge on any atom is 0.214 e. The molecule has 1 aromatic carbocycles. The number of nitrogens with zero attached hydrogens (tertiary/aromatic N) is 2. The van der Waals surface area contributed by atoms with Crippen LogP contribution in [0.3, 0.4) is 0 Å². The molecule has 1 aromatic rings. The fourth-order valence-electron chi connectivity index (χ4n) is 2.58. The summed E-state index contributed by atoms with van der Waals surface area (Å²) in [6, 6.07) is 7.72. The molecule has 0 aromatic heterocycles. The molecule has 1 saturated heterocycles. The molecule has 1 aliphatic heterocycles. The molecule has 0 spiro atoms. The number of nitrogens with two attached hydrogens (primary N) is 1. The van der Waals surface area contributed by atoms with Gasteiger partial charge in [-0.05, 0) is 23.6 Å². The first-order valence-electron chi connectivity index (χ1n) is 7.26. The molecule has 0 radical (unpaired) electrons. The molecule has 0 bridgehead atoms. The van der Waals surface area contributed by atoms with E-state index in [1.54, 1.807) is 4.31 Å². The van der Waals surface area contributed by atoms with Crippen molar-refractivity contribution in [1.82, 2.24) is 4.31 Å². The molecule has 21 heavy (non-hydrogen) atoms. The number of hydrogen-bond acceptors (Lipinski definition) is 4. The summed E-state index contributed by atoms with van der Waals surface area (Å²) >= 11 is 0. The molecule has 0 saturated carbocycles. The van der Waals surface area contributed by atoms with Gasteiger partial charge in [0.15, 0.2) is 0 Å². The molecule has 118 valence electrons. The lowest BCUT2D eigenvalue weighted by atomic mass is 10.0. The Balaban J connectivity index is 2.00. The number of sulfonamides is 1. The predicted octanol–water partition coefficient (Wildman–Crippen LogP) is 1.77. The maximum atomic E-state index is 12.4. The number of hydrogen-bond donors (Lipinski definition) is 1. The van der Waals surface area contributed by atoms with Gasteiger partial charge in [0.25, 0.3) is 0 Å². The van der Waals surface area contributed by atoms with Gasteiger partial charge in [-0.3, -0.25) is 0 Å². The zero-order valence-electron chi connectivity index (χ0n) is 13.0. The minimum absolute atomic E-state index is 0.193. The fraction of sp³-hybridized carbons (Fsp3) is 0.600. The summed E-state index contributed by atoms with van der Waals surface area (Å²) in [6.45, 7) is 8.33. The zero-order chi connectivity index (χ0) is 15.7. The summed E-state index contributed by atoms with van der Waals surface area (Å²) in [5, 5.41) is 0. The molecule has 2 N–H and O–H groups in total. The van der Waals surface area contributed by atoms with E-state index in [4.69, 9.17) is 5.73 Å². The largest absolute Gasteiger partial charge is 0.399 e. The molecule has 6 heteroatoms.